The SMILES string of the molecule is COc1ccc(NC(=O)Nc2cc(F)c3nc(N4CCCC4)ccc3c2)cc1OC. The molecule has 156 valence electrons. The first-order valence-corrected chi connectivity index (χ1v) is 9.72. The number of hydrogen-bond acceptors (Lipinski definition) is 5. The third kappa shape index (κ3) is 4.07. The molecule has 0 spiro atoms. The molecule has 1 aromatic heterocycles. The number of nitrogens with one attached hydrogen (secondary N) is 2. The first-order valence-electron chi connectivity index (χ1n) is 9.72. The highest BCUT2D eigenvalue weighted by molar-refractivity contribution is 6.01. The van der Waals surface area contributed by atoms with Crippen LogP contribution in [0.4, 0.5) is 26.4 Å². The Hall–Kier alpha value is -3.55. The summed E-state index contributed by atoms with van der Waals surface area (Å²) in [6, 6.07) is 11.2. The second kappa shape index (κ2) is 8.44. The third-order valence-electron chi connectivity index (χ3n) is 5.06. The number of fused-ring (bicyclic) bond motifs is 1. The van der Waals surface area contributed by atoms with Gasteiger partial charge in [0.1, 0.15) is 11.3 Å². The van der Waals surface area contributed by atoms with Crippen LogP contribution in [-0.2, 0) is 0 Å². The number of halogens is 1. The molecule has 2 amide bonds. The Morgan fingerprint density at radius 3 is 2.43 bits per heavy atom. The molecule has 8 heteroatoms. The van der Waals surface area contributed by atoms with E-state index in [-0.39, 0.29) is 0 Å². The number of benzene rings is 2. The molecule has 0 atom stereocenters. The highest BCUT2D eigenvalue weighted by Gasteiger charge is 2.16. The largest absolute Gasteiger partial charge is 0.493 e. The van der Waals surface area contributed by atoms with Crippen LogP contribution in [0.2, 0.25) is 0 Å². The predicted molar refractivity (Wildman–Crippen MR) is 115 cm³/mol. The van der Waals surface area contributed by atoms with Gasteiger partial charge in [-0.3, -0.25) is 0 Å². The number of hydrogen-bond donors (Lipinski definition) is 2. The van der Waals surface area contributed by atoms with Crippen molar-refractivity contribution >= 4 is 34.1 Å². The van der Waals surface area contributed by atoms with Gasteiger partial charge in [0, 0.05) is 35.9 Å². The topological polar surface area (TPSA) is 75.7 Å². The van der Waals surface area contributed by atoms with Crippen molar-refractivity contribution in [1.29, 1.82) is 0 Å². The van der Waals surface area contributed by atoms with Crippen molar-refractivity contribution in [3.63, 3.8) is 0 Å². The number of aromatic nitrogens is 1. The molecule has 30 heavy (non-hydrogen) atoms. The van der Waals surface area contributed by atoms with Crippen molar-refractivity contribution in [2.45, 2.75) is 12.8 Å². The maximum atomic E-state index is 14.7. The summed E-state index contributed by atoms with van der Waals surface area (Å²) < 4.78 is 25.1. The summed E-state index contributed by atoms with van der Waals surface area (Å²) in [4.78, 5) is 19.0. The van der Waals surface area contributed by atoms with Crippen LogP contribution in [0.5, 0.6) is 11.5 Å². The van der Waals surface area contributed by atoms with E-state index in [4.69, 9.17) is 9.47 Å². The molecule has 1 aliphatic heterocycles. The standard InChI is InChI=1S/C22H23FN4O3/c1-29-18-7-6-15(13-19(18)30-2)24-22(28)25-16-11-14-5-8-20(27-9-3-4-10-27)26-21(14)17(23)12-16/h5-8,11-13H,3-4,9-10H2,1-2H3,(H2,24,25,28). The van der Waals surface area contributed by atoms with E-state index in [1.807, 2.05) is 12.1 Å². The van der Waals surface area contributed by atoms with Crippen molar-refractivity contribution in [3.8, 4) is 11.5 Å². The van der Waals surface area contributed by atoms with Crippen LogP contribution >= 0.6 is 0 Å². The third-order valence-corrected chi connectivity index (χ3v) is 5.06. The van der Waals surface area contributed by atoms with Crippen LogP contribution in [0.1, 0.15) is 12.8 Å². The first-order chi connectivity index (χ1) is 14.6. The molecule has 2 N–H and O–H groups in total. The van der Waals surface area contributed by atoms with Crippen LogP contribution < -0.4 is 25.0 Å². The Balaban J connectivity index is 1.50. The van der Waals surface area contributed by atoms with E-state index in [0.29, 0.717) is 33.8 Å². The number of rotatable bonds is 5. The molecular formula is C22H23FN4O3. The second-order valence-electron chi connectivity index (χ2n) is 7.04. The summed E-state index contributed by atoms with van der Waals surface area (Å²) in [5.74, 6) is 1.36. The number of urea groups is 1. The zero-order valence-electron chi connectivity index (χ0n) is 16.9. The molecular weight excluding hydrogens is 387 g/mol. The van der Waals surface area contributed by atoms with Crippen LogP contribution in [0.3, 0.4) is 0 Å². The van der Waals surface area contributed by atoms with Gasteiger partial charge < -0.3 is 25.0 Å². The Kier molecular flexibility index (Phi) is 5.56. The van der Waals surface area contributed by atoms with Gasteiger partial charge in [-0.1, -0.05) is 0 Å². The fourth-order valence-electron chi connectivity index (χ4n) is 3.58. The Bertz CT molecular complexity index is 1080. The predicted octanol–water partition coefficient (Wildman–Crippen LogP) is 4.64. The average molecular weight is 410 g/mol. The van der Waals surface area contributed by atoms with E-state index < -0.39 is 11.8 Å². The fraction of sp³-hybridized carbons (Fsp3) is 0.273. The number of carbonyl (C=O) groups excluding carboxylic acids is 1. The molecule has 0 bridgehead atoms. The maximum absolute atomic E-state index is 14.7. The monoisotopic (exact) mass is 410 g/mol. The second-order valence-corrected chi connectivity index (χ2v) is 7.04. The summed E-state index contributed by atoms with van der Waals surface area (Å²) in [5, 5.41) is 5.98. The van der Waals surface area contributed by atoms with Gasteiger partial charge in [0.25, 0.3) is 0 Å². The number of nitrogens with zero attached hydrogens (tertiary/aromatic N) is 2. The Morgan fingerprint density at radius 2 is 1.70 bits per heavy atom. The number of anilines is 3. The van der Waals surface area contributed by atoms with E-state index in [9.17, 15) is 9.18 Å². The minimum absolute atomic E-state index is 0.297. The highest BCUT2D eigenvalue weighted by atomic mass is 19.1. The van der Waals surface area contributed by atoms with Crippen molar-refractivity contribution in [2.24, 2.45) is 0 Å². The molecule has 3 aromatic rings. The zero-order chi connectivity index (χ0) is 21.1. The van der Waals surface area contributed by atoms with Crippen molar-refractivity contribution in [2.75, 3.05) is 42.8 Å². The van der Waals surface area contributed by atoms with Crippen LogP contribution in [0, 0.1) is 5.82 Å². The van der Waals surface area contributed by atoms with Gasteiger partial charge in [-0.2, -0.15) is 0 Å². The highest BCUT2D eigenvalue weighted by Crippen LogP contribution is 2.30. The van der Waals surface area contributed by atoms with Crippen LogP contribution in [0.15, 0.2) is 42.5 Å². The number of pyridine rings is 1. The molecule has 7 nitrogen and oxygen atoms in total. The van der Waals surface area contributed by atoms with Crippen LogP contribution in [-0.4, -0.2) is 38.3 Å². The van der Waals surface area contributed by atoms with Gasteiger partial charge in [-0.15, -0.1) is 0 Å². The maximum Gasteiger partial charge on any atom is 0.323 e. The summed E-state index contributed by atoms with van der Waals surface area (Å²) in [5.41, 5.74) is 1.15. The van der Waals surface area contributed by atoms with Gasteiger partial charge in [-0.05, 0) is 49.2 Å². The molecule has 1 saturated heterocycles. The minimum atomic E-state index is -0.498. The van der Waals surface area contributed by atoms with Crippen molar-refractivity contribution < 1.29 is 18.7 Å². The Morgan fingerprint density at radius 1 is 0.967 bits per heavy atom. The van der Waals surface area contributed by atoms with Crippen molar-refractivity contribution in [3.05, 3.63) is 48.3 Å². The Labute approximate surface area is 173 Å². The number of amides is 2. The summed E-state index contributed by atoms with van der Waals surface area (Å²) in [6.07, 6.45) is 2.25. The fourth-order valence-corrected chi connectivity index (χ4v) is 3.58. The molecule has 0 saturated carbocycles. The number of ether oxygens (including phenoxy) is 2. The van der Waals surface area contributed by atoms with Crippen molar-refractivity contribution in [1.82, 2.24) is 4.98 Å². The molecule has 0 unspecified atom stereocenters. The molecule has 2 aromatic carbocycles. The van der Waals surface area contributed by atoms with E-state index in [2.05, 4.69) is 20.5 Å². The van der Waals surface area contributed by atoms with E-state index >= 15 is 0 Å². The summed E-state index contributed by atoms with van der Waals surface area (Å²) >= 11 is 0. The molecule has 4 rings (SSSR count). The van der Waals surface area contributed by atoms with Gasteiger partial charge in [0.2, 0.25) is 0 Å². The quantitative estimate of drug-likeness (QED) is 0.641. The van der Waals surface area contributed by atoms with Gasteiger partial charge in [0.15, 0.2) is 17.3 Å². The van der Waals surface area contributed by atoms with Gasteiger partial charge >= 0.3 is 6.03 Å². The number of carbonyl (C=O) groups is 1. The lowest BCUT2D eigenvalue weighted by Gasteiger charge is -2.17. The lowest BCUT2D eigenvalue weighted by atomic mass is 10.2. The van der Waals surface area contributed by atoms with E-state index in [1.165, 1.54) is 20.3 Å². The first kappa shape index (κ1) is 19.8. The normalized spacial score (nSPS) is 13.4. The smallest absolute Gasteiger partial charge is 0.323 e. The molecule has 1 aliphatic rings. The van der Waals surface area contributed by atoms with Gasteiger partial charge in [-0.25, -0.2) is 14.2 Å². The molecule has 1 fully saturated rings. The van der Waals surface area contributed by atoms with Crippen LogP contribution in [0.25, 0.3) is 10.9 Å². The lowest BCUT2D eigenvalue weighted by molar-refractivity contribution is 0.262. The zero-order valence-corrected chi connectivity index (χ0v) is 16.9. The average Bonchev–Trinajstić information content (AvgIpc) is 3.28. The van der Waals surface area contributed by atoms with Gasteiger partial charge in [0.05, 0.1) is 14.2 Å². The number of methoxy groups -OCH3 is 2. The summed E-state index contributed by atoms with van der Waals surface area (Å²) in [6.45, 7) is 1.88. The van der Waals surface area contributed by atoms with E-state index in [0.717, 1.165) is 31.7 Å². The molecule has 0 aliphatic carbocycles. The van der Waals surface area contributed by atoms with E-state index in [1.54, 1.807) is 24.3 Å². The minimum Gasteiger partial charge on any atom is -0.493 e. The lowest BCUT2D eigenvalue weighted by Crippen LogP contribution is -2.20. The summed E-state index contributed by atoms with van der Waals surface area (Å²) in [7, 11) is 3.05. The molecule has 2 heterocycles. The molecule has 0 radical (unpaired) electrons.